The van der Waals surface area contributed by atoms with Crippen LogP contribution < -0.4 is 20.3 Å². The van der Waals surface area contributed by atoms with Crippen LogP contribution in [0.15, 0.2) is 77.7 Å². The number of rotatable bonds is 7. The van der Waals surface area contributed by atoms with Gasteiger partial charge in [-0.05, 0) is 42.5 Å². The number of halogens is 3. The summed E-state index contributed by atoms with van der Waals surface area (Å²) < 4.78 is 72.2. The third-order valence-corrected chi connectivity index (χ3v) is 5.66. The second-order valence-electron chi connectivity index (χ2n) is 6.46. The van der Waals surface area contributed by atoms with Gasteiger partial charge in [-0.1, -0.05) is 30.3 Å². The van der Waals surface area contributed by atoms with E-state index in [1.165, 1.54) is 43.5 Å². The summed E-state index contributed by atoms with van der Waals surface area (Å²) in [4.78, 5) is 12.2. The lowest BCUT2D eigenvalue weighted by molar-refractivity contribution is -0.137. The molecule has 0 aliphatic rings. The molecule has 0 saturated carbocycles. The van der Waals surface area contributed by atoms with E-state index < -0.39 is 27.7 Å². The van der Waals surface area contributed by atoms with E-state index in [4.69, 9.17) is 4.74 Å². The van der Waals surface area contributed by atoms with Crippen molar-refractivity contribution in [2.24, 2.45) is 0 Å². The van der Waals surface area contributed by atoms with Gasteiger partial charge in [0.1, 0.15) is 5.75 Å². The standard InChI is InChI=1S/C21H18F3N3O4S/c1-31-19-12-5-4-11-18(19)27-32(29,30)15-8-6-7-14(13-15)20(28)26-25-17-10-3-2-9-16(17)21(22,23)24/h2-13,25,27H,1H3,(H,26,28). The molecule has 0 unspecified atom stereocenters. The van der Waals surface area contributed by atoms with Gasteiger partial charge in [-0.3, -0.25) is 20.4 Å². The van der Waals surface area contributed by atoms with E-state index in [0.717, 1.165) is 18.2 Å². The molecule has 0 heterocycles. The number of benzene rings is 3. The molecule has 0 saturated heterocycles. The van der Waals surface area contributed by atoms with Crippen molar-refractivity contribution in [1.29, 1.82) is 0 Å². The van der Waals surface area contributed by atoms with Crippen molar-refractivity contribution in [1.82, 2.24) is 5.43 Å². The fraction of sp³-hybridized carbons (Fsp3) is 0.0952. The third-order valence-electron chi connectivity index (χ3n) is 4.30. The molecule has 0 bridgehead atoms. The Hall–Kier alpha value is -3.73. The van der Waals surface area contributed by atoms with Crippen molar-refractivity contribution >= 4 is 27.3 Å². The Morgan fingerprint density at radius 2 is 1.56 bits per heavy atom. The zero-order chi connectivity index (χ0) is 23.4. The second kappa shape index (κ2) is 9.18. The van der Waals surface area contributed by atoms with Gasteiger partial charge in [-0.25, -0.2) is 8.42 Å². The lowest BCUT2D eigenvalue weighted by Gasteiger charge is -2.15. The summed E-state index contributed by atoms with van der Waals surface area (Å²) in [7, 11) is -2.68. The van der Waals surface area contributed by atoms with E-state index in [2.05, 4.69) is 15.6 Å². The van der Waals surface area contributed by atoms with Crippen LogP contribution in [0.4, 0.5) is 24.5 Å². The quantitative estimate of drug-likeness (QED) is 0.453. The molecule has 3 N–H and O–H groups in total. The molecule has 32 heavy (non-hydrogen) atoms. The molecule has 3 rings (SSSR count). The highest BCUT2D eigenvalue weighted by atomic mass is 32.2. The Labute approximate surface area is 182 Å². The predicted octanol–water partition coefficient (Wildman–Crippen LogP) is 4.27. The van der Waals surface area contributed by atoms with Crippen LogP contribution in [0.3, 0.4) is 0 Å². The number of ether oxygens (including phenoxy) is 1. The van der Waals surface area contributed by atoms with Crippen LogP contribution in [-0.4, -0.2) is 21.4 Å². The van der Waals surface area contributed by atoms with Gasteiger partial charge in [0.15, 0.2) is 0 Å². The number of anilines is 2. The Morgan fingerprint density at radius 3 is 2.25 bits per heavy atom. The van der Waals surface area contributed by atoms with Gasteiger partial charge >= 0.3 is 6.18 Å². The van der Waals surface area contributed by atoms with E-state index in [1.807, 2.05) is 0 Å². The highest BCUT2D eigenvalue weighted by molar-refractivity contribution is 7.92. The predicted molar refractivity (Wildman–Crippen MR) is 113 cm³/mol. The fourth-order valence-electron chi connectivity index (χ4n) is 2.77. The first-order valence-corrected chi connectivity index (χ1v) is 10.6. The second-order valence-corrected chi connectivity index (χ2v) is 8.14. The SMILES string of the molecule is COc1ccccc1NS(=O)(=O)c1cccc(C(=O)NNc2ccccc2C(F)(F)F)c1. The summed E-state index contributed by atoms with van der Waals surface area (Å²) in [6.45, 7) is 0. The van der Waals surface area contributed by atoms with E-state index in [1.54, 1.807) is 18.2 Å². The van der Waals surface area contributed by atoms with Gasteiger partial charge in [0.25, 0.3) is 15.9 Å². The maximum Gasteiger partial charge on any atom is 0.418 e. The number of para-hydroxylation sites is 3. The van der Waals surface area contributed by atoms with Gasteiger partial charge in [0, 0.05) is 5.56 Å². The van der Waals surface area contributed by atoms with Crippen LogP contribution in [-0.2, 0) is 16.2 Å². The van der Waals surface area contributed by atoms with Crippen LogP contribution in [0.2, 0.25) is 0 Å². The van der Waals surface area contributed by atoms with Crippen LogP contribution in [0.25, 0.3) is 0 Å². The van der Waals surface area contributed by atoms with Gasteiger partial charge < -0.3 is 4.74 Å². The number of carbonyl (C=O) groups excluding carboxylic acids is 1. The molecule has 0 spiro atoms. The molecular weight excluding hydrogens is 447 g/mol. The molecule has 11 heteroatoms. The molecule has 0 radical (unpaired) electrons. The molecule has 0 aromatic heterocycles. The lowest BCUT2D eigenvalue weighted by Crippen LogP contribution is -2.30. The number of amides is 1. The topological polar surface area (TPSA) is 96.5 Å². The van der Waals surface area contributed by atoms with Crippen molar-refractivity contribution in [3.8, 4) is 5.75 Å². The van der Waals surface area contributed by atoms with Gasteiger partial charge in [-0.2, -0.15) is 13.2 Å². The number of alkyl halides is 3. The van der Waals surface area contributed by atoms with E-state index in [-0.39, 0.29) is 21.8 Å². The molecule has 7 nitrogen and oxygen atoms in total. The normalized spacial score (nSPS) is 11.5. The lowest BCUT2D eigenvalue weighted by atomic mass is 10.2. The average Bonchev–Trinajstić information content (AvgIpc) is 2.77. The Kier molecular flexibility index (Phi) is 6.58. The number of hydrogen-bond donors (Lipinski definition) is 3. The summed E-state index contributed by atoms with van der Waals surface area (Å²) >= 11 is 0. The summed E-state index contributed by atoms with van der Waals surface area (Å²) in [5, 5.41) is 0. The number of nitrogens with one attached hydrogen (secondary N) is 3. The monoisotopic (exact) mass is 465 g/mol. The van der Waals surface area contributed by atoms with E-state index >= 15 is 0 Å². The Morgan fingerprint density at radius 1 is 0.906 bits per heavy atom. The van der Waals surface area contributed by atoms with Crippen molar-refractivity contribution in [3.05, 3.63) is 83.9 Å². The first-order chi connectivity index (χ1) is 15.1. The smallest absolute Gasteiger partial charge is 0.418 e. The molecule has 3 aromatic carbocycles. The molecule has 1 amide bonds. The van der Waals surface area contributed by atoms with Crippen LogP contribution in [0.5, 0.6) is 5.75 Å². The van der Waals surface area contributed by atoms with Crippen LogP contribution in [0, 0.1) is 0 Å². The highest BCUT2D eigenvalue weighted by Gasteiger charge is 2.33. The van der Waals surface area contributed by atoms with Crippen molar-refractivity contribution in [2.45, 2.75) is 11.1 Å². The van der Waals surface area contributed by atoms with Crippen molar-refractivity contribution < 1.29 is 31.1 Å². The number of sulfonamides is 1. The van der Waals surface area contributed by atoms with Crippen LogP contribution >= 0.6 is 0 Å². The van der Waals surface area contributed by atoms with E-state index in [9.17, 15) is 26.4 Å². The fourth-order valence-corrected chi connectivity index (χ4v) is 3.89. The number of hydrogen-bond acceptors (Lipinski definition) is 5. The molecular formula is C21H18F3N3O4S. The first kappa shape index (κ1) is 22.9. The van der Waals surface area contributed by atoms with Gasteiger partial charge in [0.2, 0.25) is 0 Å². The highest BCUT2D eigenvalue weighted by Crippen LogP contribution is 2.34. The molecule has 3 aromatic rings. The third kappa shape index (κ3) is 5.30. The maximum atomic E-state index is 13.1. The molecule has 168 valence electrons. The number of hydrazine groups is 1. The minimum absolute atomic E-state index is 0.0788. The Bertz CT molecular complexity index is 1230. The van der Waals surface area contributed by atoms with Gasteiger partial charge in [-0.15, -0.1) is 0 Å². The largest absolute Gasteiger partial charge is 0.495 e. The van der Waals surface area contributed by atoms with Crippen LogP contribution in [0.1, 0.15) is 15.9 Å². The average molecular weight is 465 g/mol. The molecule has 0 atom stereocenters. The minimum Gasteiger partial charge on any atom is -0.495 e. The molecule has 0 aliphatic carbocycles. The van der Waals surface area contributed by atoms with Crippen molar-refractivity contribution in [2.75, 3.05) is 17.3 Å². The summed E-state index contributed by atoms with van der Waals surface area (Å²) in [6, 6.07) is 16.0. The Balaban J connectivity index is 1.78. The number of carbonyl (C=O) groups is 1. The summed E-state index contributed by atoms with van der Waals surface area (Å²) in [5.41, 5.74) is 3.19. The summed E-state index contributed by atoms with van der Waals surface area (Å²) in [6.07, 6.45) is -4.62. The van der Waals surface area contributed by atoms with E-state index in [0.29, 0.717) is 5.75 Å². The molecule has 0 fully saturated rings. The molecule has 0 aliphatic heterocycles. The minimum atomic E-state index is -4.62. The van der Waals surface area contributed by atoms with Gasteiger partial charge in [0.05, 0.1) is 28.9 Å². The zero-order valence-corrected chi connectivity index (χ0v) is 17.4. The zero-order valence-electron chi connectivity index (χ0n) is 16.6. The summed E-state index contributed by atoms with van der Waals surface area (Å²) in [5.74, 6) is -0.520. The maximum absolute atomic E-state index is 13.1. The first-order valence-electron chi connectivity index (χ1n) is 9.10. The number of methoxy groups -OCH3 is 1. The van der Waals surface area contributed by atoms with Crippen molar-refractivity contribution in [3.63, 3.8) is 0 Å².